The number of ether oxygens (including phenoxy) is 2. The molecule has 126 valence electrons. The van der Waals surface area contributed by atoms with E-state index in [0.29, 0.717) is 13.2 Å². The van der Waals surface area contributed by atoms with Crippen molar-refractivity contribution in [2.24, 2.45) is 0 Å². The molecule has 0 saturated carbocycles. The number of thiol groups is 1. The Morgan fingerprint density at radius 2 is 1.36 bits per heavy atom. The SMILES string of the molecule is CC(C)OCc1cc(C(C)(C)C)cc(COC(C)C)c1SS. The number of hydrogen-bond acceptors (Lipinski definition) is 4. The molecule has 0 saturated heterocycles. The zero-order chi connectivity index (χ0) is 16.9. The Hall–Kier alpha value is -0.160. The average molecular weight is 343 g/mol. The summed E-state index contributed by atoms with van der Waals surface area (Å²) >= 11 is 4.45. The molecule has 0 unspecified atom stereocenters. The normalized spacial score (nSPS) is 12.5. The molecule has 0 aliphatic rings. The highest BCUT2D eigenvalue weighted by Gasteiger charge is 2.19. The van der Waals surface area contributed by atoms with Crippen molar-refractivity contribution in [2.75, 3.05) is 0 Å². The molecule has 4 heteroatoms. The van der Waals surface area contributed by atoms with Gasteiger partial charge in [-0.3, -0.25) is 0 Å². The van der Waals surface area contributed by atoms with Crippen molar-refractivity contribution in [1.29, 1.82) is 0 Å². The molecule has 22 heavy (non-hydrogen) atoms. The van der Waals surface area contributed by atoms with Crippen molar-refractivity contribution in [3.05, 3.63) is 28.8 Å². The lowest BCUT2D eigenvalue weighted by molar-refractivity contribution is 0.0599. The minimum Gasteiger partial charge on any atom is -0.374 e. The fraction of sp³-hybridized carbons (Fsp3) is 0.667. The van der Waals surface area contributed by atoms with Crippen molar-refractivity contribution in [3.63, 3.8) is 0 Å². The minimum atomic E-state index is 0.0962. The summed E-state index contributed by atoms with van der Waals surface area (Å²) in [6.45, 7) is 16.2. The second kappa shape index (κ2) is 8.62. The third-order valence-corrected chi connectivity index (χ3v) is 4.60. The lowest BCUT2D eigenvalue weighted by Crippen LogP contribution is -2.14. The van der Waals surface area contributed by atoms with Crippen molar-refractivity contribution < 1.29 is 9.47 Å². The van der Waals surface area contributed by atoms with Gasteiger partial charge in [0.15, 0.2) is 0 Å². The summed E-state index contributed by atoms with van der Waals surface area (Å²) in [4.78, 5) is 1.16. The van der Waals surface area contributed by atoms with Crippen molar-refractivity contribution in [3.8, 4) is 0 Å². The van der Waals surface area contributed by atoms with Crippen LogP contribution in [0.3, 0.4) is 0 Å². The maximum atomic E-state index is 5.83. The first kappa shape index (κ1) is 19.9. The van der Waals surface area contributed by atoms with Gasteiger partial charge in [-0.1, -0.05) is 43.7 Å². The molecule has 0 atom stereocenters. The van der Waals surface area contributed by atoms with Gasteiger partial charge < -0.3 is 9.47 Å². The van der Waals surface area contributed by atoms with Gasteiger partial charge in [0.1, 0.15) is 0 Å². The molecule has 0 aliphatic heterocycles. The van der Waals surface area contributed by atoms with E-state index in [1.165, 1.54) is 27.5 Å². The second-order valence-electron chi connectivity index (χ2n) is 7.18. The van der Waals surface area contributed by atoms with E-state index < -0.39 is 0 Å². The molecule has 0 aliphatic carbocycles. The van der Waals surface area contributed by atoms with E-state index in [0.717, 1.165) is 4.90 Å². The topological polar surface area (TPSA) is 18.5 Å². The second-order valence-corrected chi connectivity index (χ2v) is 8.32. The molecule has 0 amide bonds. The van der Waals surface area contributed by atoms with Crippen molar-refractivity contribution >= 4 is 22.5 Å². The molecule has 0 heterocycles. The largest absolute Gasteiger partial charge is 0.374 e. The quantitative estimate of drug-likeness (QED) is 0.501. The summed E-state index contributed by atoms with van der Waals surface area (Å²) in [6, 6.07) is 4.50. The van der Waals surface area contributed by atoms with Gasteiger partial charge in [-0.05, 0) is 49.8 Å². The molecule has 0 radical (unpaired) electrons. The third kappa shape index (κ3) is 6.15. The molecular weight excluding hydrogens is 312 g/mol. The van der Waals surface area contributed by atoms with Gasteiger partial charge in [0.2, 0.25) is 0 Å². The van der Waals surface area contributed by atoms with Gasteiger partial charge in [-0.15, -0.1) is 11.7 Å². The van der Waals surface area contributed by atoms with E-state index in [9.17, 15) is 0 Å². The van der Waals surface area contributed by atoms with Gasteiger partial charge in [0, 0.05) is 4.90 Å². The van der Waals surface area contributed by atoms with Crippen LogP contribution in [0.5, 0.6) is 0 Å². The van der Waals surface area contributed by atoms with Crippen LogP contribution in [-0.4, -0.2) is 12.2 Å². The molecule has 0 fully saturated rings. The molecule has 0 spiro atoms. The Kier molecular flexibility index (Phi) is 7.80. The maximum Gasteiger partial charge on any atom is 0.0731 e. The van der Waals surface area contributed by atoms with Crippen molar-refractivity contribution in [1.82, 2.24) is 0 Å². The van der Waals surface area contributed by atoms with Gasteiger partial charge in [-0.2, -0.15) is 0 Å². The van der Waals surface area contributed by atoms with Crippen LogP contribution in [0.25, 0.3) is 0 Å². The Bertz CT molecular complexity index is 443. The summed E-state index contributed by atoms with van der Waals surface area (Å²) in [6.07, 6.45) is 0.429. The van der Waals surface area contributed by atoms with E-state index in [4.69, 9.17) is 9.47 Å². The molecular formula is C18H30O2S2. The van der Waals surface area contributed by atoms with Gasteiger partial charge >= 0.3 is 0 Å². The van der Waals surface area contributed by atoms with Crippen LogP contribution in [0.4, 0.5) is 0 Å². The lowest BCUT2D eigenvalue weighted by Gasteiger charge is -2.24. The molecule has 1 aromatic rings. The Balaban J connectivity index is 3.23. The summed E-state index contributed by atoms with van der Waals surface area (Å²) in [5, 5.41) is 0. The van der Waals surface area contributed by atoms with E-state index in [-0.39, 0.29) is 17.6 Å². The molecule has 2 nitrogen and oxygen atoms in total. The van der Waals surface area contributed by atoms with Crippen LogP contribution < -0.4 is 0 Å². The fourth-order valence-corrected chi connectivity index (χ4v) is 3.21. The van der Waals surface area contributed by atoms with E-state index in [1.54, 1.807) is 0 Å². The first-order valence-corrected chi connectivity index (χ1v) is 9.73. The first-order valence-electron chi connectivity index (χ1n) is 7.86. The van der Waals surface area contributed by atoms with Gasteiger partial charge in [0.25, 0.3) is 0 Å². The smallest absolute Gasteiger partial charge is 0.0731 e. The molecule has 0 bridgehead atoms. The standard InChI is InChI=1S/C18H30O2S2/c1-12(2)19-10-14-8-16(18(5,6)7)9-15(17(14)22-21)11-20-13(3)4/h8-9,12-13,21H,10-11H2,1-7H3. The van der Waals surface area contributed by atoms with Crippen LogP contribution >= 0.6 is 22.5 Å². The third-order valence-electron chi connectivity index (χ3n) is 3.34. The zero-order valence-electron chi connectivity index (χ0n) is 14.9. The number of benzene rings is 1. The zero-order valence-corrected chi connectivity index (χ0v) is 16.6. The highest BCUT2D eigenvalue weighted by atomic mass is 33.1. The van der Waals surface area contributed by atoms with Gasteiger partial charge in [0.05, 0.1) is 25.4 Å². The van der Waals surface area contributed by atoms with Gasteiger partial charge in [-0.25, -0.2) is 0 Å². The summed E-state index contributed by atoms with van der Waals surface area (Å²) in [5.41, 5.74) is 3.80. The molecule has 0 N–H and O–H groups in total. The predicted octanol–water partition coefficient (Wildman–Crippen LogP) is 5.77. The van der Waals surface area contributed by atoms with E-state index >= 15 is 0 Å². The van der Waals surface area contributed by atoms with Crippen LogP contribution in [0.15, 0.2) is 17.0 Å². The van der Waals surface area contributed by atoms with Crippen LogP contribution in [0.1, 0.15) is 65.2 Å². The Labute approximate surface area is 145 Å². The Morgan fingerprint density at radius 3 is 1.64 bits per heavy atom. The average Bonchev–Trinajstić information content (AvgIpc) is 2.40. The highest BCUT2D eigenvalue weighted by Crippen LogP contribution is 2.35. The highest BCUT2D eigenvalue weighted by molar-refractivity contribution is 8.68. The monoisotopic (exact) mass is 342 g/mol. The van der Waals surface area contributed by atoms with E-state index in [1.807, 2.05) is 0 Å². The Morgan fingerprint density at radius 1 is 0.955 bits per heavy atom. The minimum absolute atomic E-state index is 0.0962. The molecule has 1 rings (SSSR count). The lowest BCUT2D eigenvalue weighted by atomic mass is 9.85. The first-order chi connectivity index (χ1) is 10.1. The summed E-state index contributed by atoms with van der Waals surface area (Å²) < 4.78 is 11.7. The number of hydrogen-bond donors (Lipinski definition) is 1. The molecule has 1 aromatic carbocycles. The summed E-state index contributed by atoms with van der Waals surface area (Å²) in [5.74, 6) is 0. The predicted molar refractivity (Wildman–Crippen MR) is 99.8 cm³/mol. The van der Waals surface area contributed by atoms with Crippen LogP contribution in [-0.2, 0) is 28.1 Å². The maximum absolute atomic E-state index is 5.83. The van der Waals surface area contributed by atoms with Crippen molar-refractivity contribution in [2.45, 2.75) is 84.2 Å². The number of rotatable bonds is 7. The summed E-state index contributed by atoms with van der Waals surface area (Å²) in [7, 11) is 1.48. The van der Waals surface area contributed by atoms with Crippen LogP contribution in [0, 0.1) is 0 Å². The van der Waals surface area contributed by atoms with Crippen LogP contribution in [0.2, 0.25) is 0 Å². The molecule has 0 aromatic heterocycles. The fourth-order valence-electron chi connectivity index (χ4n) is 2.03. The van der Waals surface area contributed by atoms with E-state index in [2.05, 4.69) is 72.3 Å².